The van der Waals surface area contributed by atoms with Crippen molar-refractivity contribution in [2.24, 2.45) is 0 Å². The quantitative estimate of drug-likeness (QED) is 0.481. The Hall–Kier alpha value is -2.92. The minimum atomic E-state index is -0.219. The standard InChI is InChI=1S/C22H21ClN4O/c1-3-4-11-27-21-18(13-16-12-14(2)5-10-19(16)24-21)20(26-27)25-22(28)15-6-8-17(23)9-7-15/h5-10,12-13H,3-4,11H2,1-2H3,(H,25,26,28). The van der Waals surface area contributed by atoms with Gasteiger partial charge in [0, 0.05) is 22.5 Å². The van der Waals surface area contributed by atoms with E-state index in [1.807, 2.05) is 10.7 Å². The lowest BCUT2D eigenvalue weighted by molar-refractivity contribution is 0.102. The summed E-state index contributed by atoms with van der Waals surface area (Å²) in [5, 5.41) is 10.1. The van der Waals surface area contributed by atoms with E-state index in [-0.39, 0.29) is 5.91 Å². The summed E-state index contributed by atoms with van der Waals surface area (Å²) in [6.45, 7) is 4.95. The Morgan fingerprint density at radius 1 is 1.14 bits per heavy atom. The maximum Gasteiger partial charge on any atom is 0.256 e. The molecule has 2 aromatic carbocycles. The molecule has 0 saturated carbocycles. The number of carbonyl (C=O) groups excluding carboxylic acids is 1. The maximum atomic E-state index is 12.7. The highest BCUT2D eigenvalue weighted by molar-refractivity contribution is 6.30. The molecule has 2 heterocycles. The summed E-state index contributed by atoms with van der Waals surface area (Å²) in [6.07, 6.45) is 2.05. The van der Waals surface area contributed by atoms with Gasteiger partial charge in [-0.15, -0.1) is 0 Å². The van der Waals surface area contributed by atoms with E-state index in [1.54, 1.807) is 24.3 Å². The fourth-order valence-corrected chi connectivity index (χ4v) is 3.34. The Balaban J connectivity index is 1.79. The van der Waals surface area contributed by atoms with Crippen LogP contribution in [-0.4, -0.2) is 20.7 Å². The van der Waals surface area contributed by atoms with Crippen LogP contribution in [0.5, 0.6) is 0 Å². The van der Waals surface area contributed by atoms with E-state index in [9.17, 15) is 4.79 Å². The van der Waals surface area contributed by atoms with Crippen LogP contribution in [0.3, 0.4) is 0 Å². The molecule has 0 unspecified atom stereocenters. The number of hydrogen-bond acceptors (Lipinski definition) is 3. The minimum absolute atomic E-state index is 0.219. The van der Waals surface area contributed by atoms with E-state index in [1.165, 1.54) is 5.56 Å². The fraction of sp³-hybridized carbons (Fsp3) is 0.227. The number of fused-ring (bicyclic) bond motifs is 2. The van der Waals surface area contributed by atoms with Crippen molar-refractivity contribution in [2.45, 2.75) is 33.2 Å². The van der Waals surface area contributed by atoms with Crippen LogP contribution in [0.1, 0.15) is 35.7 Å². The van der Waals surface area contributed by atoms with Gasteiger partial charge in [-0.2, -0.15) is 5.10 Å². The number of hydrogen-bond donors (Lipinski definition) is 1. The second-order valence-electron chi connectivity index (χ2n) is 6.94. The zero-order valence-corrected chi connectivity index (χ0v) is 16.6. The molecule has 0 atom stereocenters. The van der Waals surface area contributed by atoms with E-state index in [2.05, 4.69) is 42.5 Å². The Morgan fingerprint density at radius 3 is 2.68 bits per heavy atom. The first-order valence-corrected chi connectivity index (χ1v) is 9.78. The third-order valence-corrected chi connectivity index (χ3v) is 4.98. The van der Waals surface area contributed by atoms with E-state index < -0.39 is 0 Å². The van der Waals surface area contributed by atoms with E-state index >= 15 is 0 Å². The van der Waals surface area contributed by atoms with Crippen LogP contribution in [0.15, 0.2) is 48.5 Å². The highest BCUT2D eigenvalue weighted by atomic mass is 35.5. The molecule has 6 heteroatoms. The van der Waals surface area contributed by atoms with Crippen LogP contribution in [0.2, 0.25) is 5.02 Å². The molecule has 142 valence electrons. The third-order valence-electron chi connectivity index (χ3n) is 4.73. The molecule has 1 N–H and O–H groups in total. The van der Waals surface area contributed by atoms with Crippen LogP contribution in [-0.2, 0) is 6.54 Å². The van der Waals surface area contributed by atoms with E-state index in [0.717, 1.165) is 41.3 Å². The van der Waals surface area contributed by atoms with Gasteiger partial charge in [-0.05, 0) is 55.8 Å². The van der Waals surface area contributed by atoms with Crippen molar-refractivity contribution >= 4 is 45.3 Å². The van der Waals surface area contributed by atoms with Crippen molar-refractivity contribution in [3.05, 3.63) is 64.7 Å². The smallest absolute Gasteiger partial charge is 0.256 e. The van der Waals surface area contributed by atoms with Gasteiger partial charge >= 0.3 is 0 Å². The SMILES string of the molecule is CCCCn1nc(NC(=O)c2ccc(Cl)cc2)c2cc3cc(C)ccc3nc21. The van der Waals surface area contributed by atoms with Crippen LogP contribution in [0.25, 0.3) is 21.9 Å². The molecule has 4 aromatic rings. The molecule has 0 aliphatic rings. The number of aryl methyl sites for hydroxylation is 2. The zero-order valence-electron chi connectivity index (χ0n) is 15.9. The Morgan fingerprint density at radius 2 is 1.93 bits per heavy atom. The first-order valence-electron chi connectivity index (χ1n) is 9.40. The van der Waals surface area contributed by atoms with Crippen LogP contribution in [0, 0.1) is 6.92 Å². The Bertz CT molecular complexity index is 1160. The number of nitrogens with zero attached hydrogens (tertiary/aromatic N) is 3. The van der Waals surface area contributed by atoms with Gasteiger partial charge in [-0.1, -0.05) is 36.6 Å². The summed E-state index contributed by atoms with van der Waals surface area (Å²) in [6, 6.07) is 15.0. The molecule has 2 aromatic heterocycles. The fourth-order valence-electron chi connectivity index (χ4n) is 3.22. The van der Waals surface area contributed by atoms with Crippen LogP contribution < -0.4 is 5.32 Å². The lowest BCUT2D eigenvalue weighted by Gasteiger charge is -2.04. The number of anilines is 1. The molecule has 5 nitrogen and oxygen atoms in total. The molecule has 0 aliphatic carbocycles. The van der Waals surface area contributed by atoms with Gasteiger partial charge < -0.3 is 5.32 Å². The summed E-state index contributed by atoms with van der Waals surface area (Å²) in [5.74, 6) is 0.310. The first kappa shape index (κ1) is 18.4. The second kappa shape index (κ2) is 7.60. The third kappa shape index (κ3) is 3.58. The van der Waals surface area contributed by atoms with Crippen LogP contribution >= 0.6 is 11.6 Å². The number of amides is 1. The van der Waals surface area contributed by atoms with E-state index in [4.69, 9.17) is 16.6 Å². The van der Waals surface area contributed by atoms with Crippen molar-refractivity contribution < 1.29 is 4.79 Å². The first-order chi connectivity index (χ1) is 13.5. The normalized spacial score (nSPS) is 11.2. The average molecular weight is 393 g/mol. The molecular weight excluding hydrogens is 372 g/mol. The summed E-state index contributed by atoms with van der Waals surface area (Å²) in [4.78, 5) is 17.5. The highest BCUT2D eigenvalue weighted by Crippen LogP contribution is 2.27. The number of carbonyl (C=O) groups is 1. The zero-order chi connectivity index (χ0) is 19.7. The number of nitrogens with one attached hydrogen (secondary N) is 1. The van der Waals surface area contributed by atoms with Crippen molar-refractivity contribution in [1.82, 2.24) is 14.8 Å². The molecule has 0 aliphatic heterocycles. The lowest BCUT2D eigenvalue weighted by Crippen LogP contribution is -2.12. The molecule has 0 spiro atoms. The van der Waals surface area contributed by atoms with Crippen molar-refractivity contribution in [3.63, 3.8) is 0 Å². The van der Waals surface area contributed by atoms with Gasteiger partial charge in [0.1, 0.15) is 0 Å². The molecule has 0 bridgehead atoms. The molecule has 1 amide bonds. The van der Waals surface area contributed by atoms with Crippen molar-refractivity contribution in [2.75, 3.05) is 5.32 Å². The number of pyridine rings is 1. The number of rotatable bonds is 5. The summed E-state index contributed by atoms with van der Waals surface area (Å²) in [7, 11) is 0. The van der Waals surface area contributed by atoms with E-state index in [0.29, 0.717) is 16.4 Å². The molecule has 0 fully saturated rings. The summed E-state index contributed by atoms with van der Waals surface area (Å²) >= 11 is 5.92. The molecular formula is C22H21ClN4O. The topological polar surface area (TPSA) is 59.8 Å². The lowest BCUT2D eigenvalue weighted by atomic mass is 10.1. The monoisotopic (exact) mass is 392 g/mol. The molecule has 0 saturated heterocycles. The molecule has 4 rings (SSSR count). The van der Waals surface area contributed by atoms with Gasteiger partial charge in [0.2, 0.25) is 0 Å². The molecule has 0 radical (unpaired) electrons. The van der Waals surface area contributed by atoms with Crippen molar-refractivity contribution in [3.8, 4) is 0 Å². The van der Waals surface area contributed by atoms with Crippen molar-refractivity contribution in [1.29, 1.82) is 0 Å². The van der Waals surface area contributed by atoms with Gasteiger partial charge in [-0.3, -0.25) is 4.79 Å². The predicted octanol–water partition coefficient (Wildman–Crippen LogP) is 5.60. The number of benzene rings is 2. The van der Waals surface area contributed by atoms with Gasteiger partial charge in [0.05, 0.1) is 10.9 Å². The Labute approximate surface area is 168 Å². The number of unbranched alkanes of at least 4 members (excludes halogenated alkanes) is 1. The van der Waals surface area contributed by atoms with Gasteiger partial charge in [-0.25, -0.2) is 9.67 Å². The summed E-state index contributed by atoms with van der Waals surface area (Å²) < 4.78 is 1.88. The average Bonchev–Trinajstić information content (AvgIpc) is 3.01. The highest BCUT2D eigenvalue weighted by Gasteiger charge is 2.16. The maximum absolute atomic E-state index is 12.7. The largest absolute Gasteiger partial charge is 0.305 e. The minimum Gasteiger partial charge on any atom is -0.305 e. The number of halogens is 1. The van der Waals surface area contributed by atoms with Crippen LogP contribution in [0.4, 0.5) is 5.82 Å². The predicted molar refractivity (Wildman–Crippen MR) is 114 cm³/mol. The summed E-state index contributed by atoms with van der Waals surface area (Å²) in [5.41, 5.74) is 3.41. The van der Waals surface area contributed by atoms with Gasteiger partial charge in [0.15, 0.2) is 11.5 Å². The van der Waals surface area contributed by atoms with Gasteiger partial charge in [0.25, 0.3) is 5.91 Å². The Kier molecular flexibility index (Phi) is 5.01. The molecule has 28 heavy (non-hydrogen) atoms. The second-order valence-corrected chi connectivity index (χ2v) is 7.38. The number of aromatic nitrogens is 3.